The Balaban J connectivity index is 2.08. The van der Waals surface area contributed by atoms with Gasteiger partial charge in [-0.1, -0.05) is 31.2 Å². The van der Waals surface area contributed by atoms with E-state index in [2.05, 4.69) is 33.4 Å². The summed E-state index contributed by atoms with van der Waals surface area (Å²) in [6.07, 6.45) is 2.61. The van der Waals surface area contributed by atoms with Gasteiger partial charge in [0.2, 0.25) is 5.28 Å². The van der Waals surface area contributed by atoms with Crippen LogP contribution < -0.4 is 0 Å². The zero-order chi connectivity index (χ0) is 13.2. The van der Waals surface area contributed by atoms with E-state index in [1.807, 2.05) is 23.6 Å². The van der Waals surface area contributed by atoms with Crippen LogP contribution in [0.1, 0.15) is 18.3 Å². The van der Waals surface area contributed by atoms with Crippen LogP contribution in [-0.4, -0.2) is 19.7 Å². The number of benzene rings is 1. The molecule has 0 unspecified atom stereocenters. The van der Waals surface area contributed by atoms with Gasteiger partial charge in [-0.3, -0.25) is 9.55 Å². The second kappa shape index (κ2) is 4.97. The Morgan fingerprint density at radius 3 is 2.84 bits per heavy atom. The summed E-state index contributed by atoms with van der Waals surface area (Å²) >= 11 is 6.09. The fourth-order valence-electron chi connectivity index (χ4n) is 2.20. The topological polar surface area (TPSA) is 43.6 Å². The monoisotopic (exact) mass is 272 g/mol. The Hall–Kier alpha value is -1.94. The van der Waals surface area contributed by atoms with E-state index in [0.29, 0.717) is 11.8 Å². The van der Waals surface area contributed by atoms with Crippen LogP contribution in [0.4, 0.5) is 0 Å². The first-order chi connectivity index (χ1) is 9.29. The summed E-state index contributed by atoms with van der Waals surface area (Å²) in [5.74, 6) is 0.887. The van der Waals surface area contributed by atoms with Crippen LogP contribution >= 0.6 is 11.6 Å². The molecule has 0 aliphatic rings. The highest BCUT2D eigenvalue weighted by atomic mass is 35.5. The third kappa shape index (κ3) is 2.19. The highest BCUT2D eigenvalue weighted by Gasteiger charge is 2.10. The van der Waals surface area contributed by atoms with Crippen molar-refractivity contribution in [3.05, 3.63) is 53.2 Å². The fraction of sp³-hybridized carbons (Fsp3) is 0.214. The third-order valence-electron chi connectivity index (χ3n) is 3.14. The molecule has 0 radical (unpaired) electrons. The first-order valence-electron chi connectivity index (χ1n) is 6.20. The lowest BCUT2D eigenvalue weighted by molar-refractivity contribution is 0.735. The number of nitrogens with zero attached hydrogens (tertiary/aromatic N) is 4. The van der Waals surface area contributed by atoms with E-state index < -0.39 is 0 Å². The van der Waals surface area contributed by atoms with Crippen molar-refractivity contribution in [2.24, 2.45) is 0 Å². The molecule has 0 atom stereocenters. The molecule has 0 spiro atoms. The minimum Gasteiger partial charge on any atom is -0.297 e. The van der Waals surface area contributed by atoms with Gasteiger partial charge >= 0.3 is 0 Å². The maximum atomic E-state index is 6.09. The lowest BCUT2D eigenvalue weighted by Crippen LogP contribution is -2.05. The number of aryl methyl sites for hydroxylation is 1. The molecule has 5 heteroatoms. The lowest BCUT2D eigenvalue weighted by Gasteiger charge is -2.09. The van der Waals surface area contributed by atoms with Crippen molar-refractivity contribution in [1.82, 2.24) is 19.7 Å². The smallest absolute Gasteiger partial charge is 0.225 e. The Kier molecular flexibility index (Phi) is 3.17. The first-order valence-corrected chi connectivity index (χ1v) is 6.57. The van der Waals surface area contributed by atoms with Crippen LogP contribution in [0.15, 0.2) is 36.5 Å². The van der Waals surface area contributed by atoms with Crippen molar-refractivity contribution < 1.29 is 0 Å². The first kappa shape index (κ1) is 12.1. The maximum absolute atomic E-state index is 6.09. The quantitative estimate of drug-likeness (QED) is 0.736. The predicted octanol–water partition coefficient (Wildman–Crippen LogP) is 3.09. The molecule has 3 rings (SSSR count). The number of pyridine rings is 1. The zero-order valence-corrected chi connectivity index (χ0v) is 11.3. The molecule has 0 saturated carbocycles. The Morgan fingerprint density at radius 2 is 2.00 bits per heavy atom. The van der Waals surface area contributed by atoms with E-state index >= 15 is 0 Å². The normalized spacial score (nSPS) is 11.1. The van der Waals surface area contributed by atoms with Crippen molar-refractivity contribution >= 4 is 22.5 Å². The molecular weight excluding hydrogens is 260 g/mol. The summed E-state index contributed by atoms with van der Waals surface area (Å²) in [6.45, 7) is 2.68. The van der Waals surface area contributed by atoms with Crippen molar-refractivity contribution in [3.8, 4) is 0 Å². The van der Waals surface area contributed by atoms with Crippen LogP contribution in [0.25, 0.3) is 10.9 Å². The van der Waals surface area contributed by atoms with Crippen LogP contribution in [0.3, 0.4) is 0 Å². The van der Waals surface area contributed by atoms with E-state index in [1.165, 1.54) is 0 Å². The van der Waals surface area contributed by atoms with Crippen LogP contribution in [-0.2, 0) is 13.0 Å². The van der Waals surface area contributed by atoms with Crippen LogP contribution in [0.5, 0.6) is 0 Å². The molecule has 0 fully saturated rings. The second-order valence-electron chi connectivity index (χ2n) is 4.32. The fourth-order valence-corrected chi connectivity index (χ4v) is 2.39. The van der Waals surface area contributed by atoms with Crippen molar-refractivity contribution in [3.63, 3.8) is 0 Å². The second-order valence-corrected chi connectivity index (χ2v) is 4.66. The number of halogens is 1. The Morgan fingerprint density at radius 1 is 1.16 bits per heavy atom. The van der Waals surface area contributed by atoms with Crippen LogP contribution in [0.2, 0.25) is 5.28 Å². The maximum Gasteiger partial charge on any atom is 0.225 e. The van der Waals surface area contributed by atoms with Gasteiger partial charge < -0.3 is 0 Å². The highest BCUT2D eigenvalue weighted by molar-refractivity contribution is 6.28. The molecule has 0 bridgehead atoms. The van der Waals surface area contributed by atoms with E-state index in [9.17, 15) is 0 Å². The molecule has 1 aromatic carbocycles. The predicted molar refractivity (Wildman–Crippen MR) is 75.3 cm³/mol. The van der Waals surface area contributed by atoms with Crippen LogP contribution in [0, 0.1) is 0 Å². The summed E-state index contributed by atoms with van der Waals surface area (Å²) in [7, 11) is 0. The molecule has 0 N–H and O–H groups in total. The number of rotatable bonds is 3. The van der Waals surface area contributed by atoms with Gasteiger partial charge in [-0.15, -0.1) is 10.2 Å². The highest BCUT2D eigenvalue weighted by Crippen LogP contribution is 2.19. The summed E-state index contributed by atoms with van der Waals surface area (Å²) in [4.78, 5) is 4.45. The van der Waals surface area contributed by atoms with E-state index in [0.717, 1.165) is 28.7 Å². The number of fused-ring (bicyclic) bond motifs is 1. The Bertz CT molecular complexity index is 715. The van der Waals surface area contributed by atoms with Crippen molar-refractivity contribution in [1.29, 1.82) is 0 Å². The molecule has 0 aliphatic carbocycles. The van der Waals surface area contributed by atoms with Gasteiger partial charge in [-0.05, 0) is 23.2 Å². The molecule has 2 aromatic heterocycles. The summed E-state index contributed by atoms with van der Waals surface area (Å²) in [5.41, 5.74) is 2.12. The lowest BCUT2D eigenvalue weighted by atomic mass is 10.1. The molecule has 3 aromatic rings. The number of aromatic nitrogens is 4. The molecule has 4 nitrogen and oxygen atoms in total. The SMILES string of the molecule is CCc1nnc(Cl)n1Cc1cccc2cccnc12. The number of hydrogen-bond acceptors (Lipinski definition) is 3. The standard InChI is InChI=1S/C14H13ClN4/c1-2-12-17-18-14(15)19(12)9-11-6-3-5-10-7-4-8-16-13(10)11/h3-8H,2,9H2,1H3. The Labute approximate surface area is 116 Å². The molecule has 0 amide bonds. The summed E-state index contributed by atoms with van der Waals surface area (Å²) in [6, 6.07) is 10.1. The number of para-hydroxylation sites is 1. The average Bonchev–Trinajstić information content (AvgIpc) is 2.80. The third-order valence-corrected chi connectivity index (χ3v) is 3.42. The molecule has 2 heterocycles. The molecular formula is C14H13ClN4. The average molecular weight is 273 g/mol. The zero-order valence-electron chi connectivity index (χ0n) is 10.5. The largest absolute Gasteiger partial charge is 0.297 e. The van der Waals surface area contributed by atoms with Crippen molar-refractivity contribution in [2.45, 2.75) is 19.9 Å². The minimum absolute atomic E-state index is 0.421. The molecule has 0 saturated heterocycles. The molecule has 0 aliphatic heterocycles. The van der Waals surface area contributed by atoms with Gasteiger partial charge in [0.1, 0.15) is 5.82 Å². The molecule has 19 heavy (non-hydrogen) atoms. The minimum atomic E-state index is 0.421. The van der Waals surface area contributed by atoms with Gasteiger partial charge in [0.05, 0.1) is 12.1 Å². The van der Waals surface area contributed by atoms with Gasteiger partial charge in [0.25, 0.3) is 0 Å². The van der Waals surface area contributed by atoms with E-state index in [4.69, 9.17) is 11.6 Å². The van der Waals surface area contributed by atoms with Gasteiger partial charge in [-0.25, -0.2) is 0 Å². The van der Waals surface area contributed by atoms with Crippen molar-refractivity contribution in [2.75, 3.05) is 0 Å². The van der Waals surface area contributed by atoms with E-state index in [1.54, 1.807) is 6.20 Å². The van der Waals surface area contributed by atoms with Gasteiger partial charge in [0, 0.05) is 18.0 Å². The number of hydrogen-bond donors (Lipinski definition) is 0. The molecule has 96 valence electrons. The van der Waals surface area contributed by atoms with Gasteiger partial charge in [-0.2, -0.15) is 0 Å². The van der Waals surface area contributed by atoms with Gasteiger partial charge in [0.15, 0.2) is 0 Å². The summed E-state index contributed by atoms with van der Waals surface area (Å²) < 4.78 is 1.92. The summed E-state index contributed by atoms with van der Waals surface area (Å²) in [5, 5.41) is 9.54. The van der Waals surface area contributed by atoms with E-state index in [-0.39, 0.29) is 0 Å².